The van der Waals surface area contributed by atoms with Crippen molar-refractivity contribution in [1.29, 1.82) is 0 Å². The fourth-order valence-electron chi connectivity index (χ4n) is 2.06. The van der Waals surface area contributed by atoms with Crippen LogP contribution < -0.4 is 5.73 Å². The molecule has 5 nitrogen and oxygen atoms in total. The number of aromatic nitrogens is 4. The minimum absolute atomic E-state index is 0.153. The van der Waals surface area contributed by atoms with Crippen molar-refractivity contribution in [2.24, 2.45) is 5.73 Å². The zero-order chi connectivity index (χ0) is 14.0. The van der Waals surface area contributed by atoms with Gasteiger partial charge < -0.3 is 5.73 Å². The van der Waals surface area contributed by atoms with Crippen molar-refractivity contribution in [2.45, 2.75) is 39.8 Å². The molecule has 0 aromatic carbocycles. The topological polar surface area (TPSA) is 69.6 Å². The van der Waals surface area contributed by atoms with Gasteiger partial charge in [-0.1, -0.05) is 0 Å². The number of hydrogen-bond acceptors (Lipinski definition) is 4. The van der Waals surface area contributed by atoms with E-state index in [2.05, 4.69) is 37.9 Å². The van der Waals surface area contributed by atoms with Crippen LogP contribution in [0.25, 0.3) is 0 Å². The third-order valence-electron chi connectivity index (χ3n) is 3.04. The van der Waals surface area contributed by atoms with Gasteiger partial charge >= 0.3 is 0 Å². The molecule has 1 atom stereocenters. The Bertz CT molecular complexity index is 578. The average Bonchev–Trinajstić information content (AvgIpc) is 2.66. The van der Waals surface area contributed by atoms with Crippen LogP contribution in [0.15, 0.2) is 16.7 Å². The maximum absolute atomic E-state index is 6.25. The Morgan fingerprint density at radius 2 is 2.16 bits per heavy atom. The lowest BCUT2D eigenvalue weighted by atomic mass is 10.1. The Kier molecular flexibility index (Phi) is 4.31. The molecule has 0 radical (unpaired) electrons. The molecule has 0 fully saturated rings. The molecular weight excluding hydrogens is 306 g/mol. The Morgan fingerprint density at radius 3 is 2.79 bits per heavy atom. The van der Waals surface area contributed by atoms with Crippen molar-refractivity contribution >= 4 is 15.9 Å². The van der Waals surface area contributed by atoms with E-state index in [0.717, 1.165) is 33.9 Å². The molecule has 102 valence electrons. The standard InChI is InChI=1S/C13H18BrN5/c1-4-19-12(13(14)8(2)18-19)7-10(15)11-5-6-16-9(3)17-11/h5-6,10H,4,7,15H2,1-3H3. The molecule has 1 unspecified atom stereocenters. The minimum Gasteiger partial charge on any atom is -0.322 e. The molecule has 2 aromatic rings. The van der Waals surface area contributed by atoms with Gasteiger partial charge in [-0.15, -0.1) is 0 Å². The maximum atomic E-state index is 6.25. The third kappa shape index (κ3) is 3.01. The fourth-order valence-corrected chi connectivity index (χ4v) is 2.50. The quantitative estimate of drug-likeness (QED) is 0.937. The van der Waals surface area contributed by atoms with E-state index in [1.807, 2.05) is 24.6 Å². The normalized spacial score (nSPS) is 12.7. The van der Waals surface area contributed by atoms with Crippen molar-refractivity contribution in [3.63, 3.8) is 0 Å². The van der Waals surface area contributed by atoms with Gasteiger partial charge in [-0.05, 0) is 42.8 Å². The molecule has 2 aromatic heterocycles. The summed E-state index contributed by atoms with van der Waals surface area (Å²) >= 11 is 3.59. The van der Waals surface area contributed by atoms with Gasteiger partial charge in [0, 0.05) is 19.2 Å². The lowest BCUT2D eigenvalue weighted by Crippen LogP contribution is -2.18. The van der Waals surface area contributed by atoms with Crippen molar-refractivity contribution in [3.8, 4) is 0 Å². The number of rotatable bonds is 4. The highest BCUT2D eigenvalue weighted by molar-refractivity contribution is 9.10. The van der Waals surface area contributed by atoms with Crippen LogP contribution in [0, 0.1) is 13.8 Å². The highest BCUT2D eigenvalue weighted by Crippen LogP contribution is 2.25. The summed E-state index contributed by atoms with van der Waals surface area (Å²) in [5.74, 6) is 0.743. The van der Waals surface area contributed by atoms with E-state index < -0.39 is 0 Å². The van der Waals surface area contributed by atoms with E-state index in [1.165, 1.54) is 0 Å². The highest BCUT2D eigenvalue weighted by atomic mass is 79.9. The van der Waals surface area contributed by atoms with Crippen LogP contribution in [-0.4, -0.2) is 19.7 Å². The highest BCUT2D eigenvalue weighted by Gasteiger charge is 2.17. The monoisotopic (exact) mass is 323 g/mol. The van der Waals surface area contributed by atoms with Crippen LogP contribution in [0.1, 0.15) is 35.9 Å². The lowest BCUT2D eigenvalue weighted by Gasteiger charge is -2.13. The molecule has 0 spiro atoms. The van der Waals surface area contributed by atoms with Crippen molar-refractivity contribution in [3.05, 3.63) is 39.6 Å². The summed E-state index contributed by atoms with van der Waals surface area (Å²) in [5.41, 5.74) is 9.21. The van der Waals surface area contributed by atoms with Gasteiger partial charge in [0.1, 0.15) is 5.82 Å². The molecule has 2 heterocycles. The van der Waals surface area contributed by atoms with E-state index in [0.29, 0.717) is 6.42 Å². The maximum Gasteiger partial charge on any atom is 0.125 e. The molecule has 2 N–H and O–H groups in total. The Balaban J connectivity index is 2.26. The van der Waals surface area contributed by atoms with Gasteiger partial charge in [-0.2, -0.15) is 5.10 Å². The summed E-state index contributed by atoms with van der Waals surface area (Å²) in [6, 6.07) is 1.71. The minimum atomic E-state index is -0.153. The van der Waals surface area contributed by atoms with Crippen LogP contribution in [0.5, 0.6) is 0 Å². The van der Waals surface area contributed by atoms with Gasteiger partial charge in [-0.25, -0.2) is 9.97 Å². The van der Waals surface area contributed by atoms with Crippen LogP contribution in [-0.2, 0) is 13.0 Å². The molecule has 0 amide bonds. The first-order valence-electron chi connectivity index (χ1n) is 6.29. The molecule has 6 heteroatoms. The smallest absolute Gasteiger partial charge is 0.125 e. The summed E-state index contributed by atoms with van der Waals surface area (Å²) in [6.07, 6.45) is 2.45. The number of nitrogens with zero attached hydrogens (tertiary/aromatic N) is 4. The van der Waals surface area contributed by atoms with E-state index >= 15 is 0 Å². The van der Waals surface area contributed by atoms with Gasteiger partial charge in [0.15, 0.2) is 0 Å². The fraction of sp³-hybridized carbons (Fsp3) is 0.462. The predicted molar refractivity (Wildman–Crippen MR) is 77.7 cm³/mol. The molecule has 0 saturated carbocycles. The summed E-state index contributed by atoms with van der Waals surface area (Å²) in [7, 11) is 0. The van der Waals surface area contributed by atoms with E-state index in [-0.39, 0.29) is 6.04 Å². The number of hydrogen-bond donors (Lipinski definition) is 1. The van der Waals surface area contributed by atoms with E-state index in [9.17, 15) is 0 Å². The van der Waals surface area contributed by atoms with Gasteiger partial charge in [0.05, 0.1) is 27.6 Å². The Morgan fingerprint density at radius 1 is 1.42 bits per heavy atom. The van der Waals surface area contributed by atoms with Gasteiger partial charge in [0.25, 0.3) is 0 Å². The summed E-state index contributed by atoms with van der Waals surface area (Å²) in [5, 5.41) is 4.47. The summed E-state index contributed by atoms with van der Waals surface area (Å²) in [4.78, 5) is 8.47. The third-order valence-corrected chi connectivity index (χ3v) is 4.08. The first-order valence-corrected chi connectivity index (χ1v) is 7.09. The largest absolute Gasteiger partial charge is 0.322 e. The second-order valence-corrected chi connectivity index (χ2v) is 5.29. The first kappa shape index (κ1) is 14.1. The summed E-state index contributed by atoms with van der Waals surface area (Å²) in [6.45, 7) is 6.76. The average molecular weight is 324 g/mol. The van der Waals surface area contributed by atoms with Crippen LogP contribution in [0.2, 0.25) is 0 Å². The number of aryl methyl sites for hydroxylation is 3. The van der Waals surface area contributed by atoms with Gasteiger partial charge in [-0.3, -0.25) is 4.68 Å². The second-order valence-electron chi connectivity index (χ2n) is 4.50. The molecule has 19 heavy (non-hydrogen) atoms. The van der Waals surface area contributed by atoms with E-state index in [4.69, 9.17) is 5.73 Å². The number of nitrogens with two attached hydrogens (primary N) is 1. The zero-order valence-electron chi connectivity index (χ0n) is 11.4. The molecule has 2 rings (SSSR count). The van der Waals surface area contributed by atoms with Crippen LogP contribution in [0.3, 0.4) is 0 Å². The Hall–Kier alpha value is -1.27. The second kappa shape index (κ2) is 5.79. The van der Waals surface area contributed by atoms with Crippen LogP contribution in [0.4, 0.5) is 0 Å². The number of halogens is 1. The van der Waals surface area contributed by atoms with Gasteiger partial charge in [0.2, 0.25) is 0 Å². The molecular formula is C13H18BrN5. The predicted octanol–water partition coefficient (Wildman–Crippen LogP) is 2.31. The van der Waals surface area contributed by atoms with Crippen molar-refractivity contribution in [1.82, 2.24) is 19.7 Å². The molecule has 0 aliphatic heterocycles. The molecule has 0 aliphatic rings. The van der Waals surface area contributed by atoms with Crippen LogP contribution >= 0.6 is 15.9 Å². The first-order chi connectivity index (χ1) is 9.02. The zero-order valence-corrected chi connectivity index (χ0v) is 13.0. The van der Waals surface area contributed by atoms with E-state index in [1.54, 1.807) is 6.20 Å². The molecule has 0 saturated heterocycles. The van der Waals surface area contributed by atoms with Crippen molar-refractivity contribution in [2.75, 3.05) is 0 Å². The lowest BCUT2D eigenvalue weighted by molar-refractivity contribution is 0.580. The SMILES string of the molecule is CCn1nc(C)c(Br)c1CC(N)c1ccnc(C)n1. The molecule has 0 bridgehead atoms. The van der Waals surface area contributed by atoms with Crippen molar-refractivity contribution < 1.29 is 0 Å². The molecule has 0 aliphatic carbocycles. The Labute approximate surface area is 121 Å². The summed E-state index contributed by atoms with van der Waals surface area (Å²) < 4.78 is 3.02.